The van der Waals surface area contributed by atoms with Crippen LogP contribution in [-0.2, 0) is 26.2 Å². The number of rotatable bonds is 12. The Balaban J connectivity index is 2.06. The van der Waals surface area contributed by atoms with Gasteiger partial charge in [0.15, 0.2) is 0 Å². The van der Waals surface area contributed by atoms with Gasteiger partial charge in [0.2, 0.25) is 11.8 Å². The molecule has 0 bridgehead atoms. The Morgan fingerprint density at radius 2 is 1.71 bits per heavy atom. The van der Waals surface area contributed by atoms with E-state index in [0.29, 0.717) is 16.6 Å². The van der Waals surface area contributed by atoms with Crippen LogP contribution in [0.1, 0.15) is 38.3 Å². The van der Waals surface area contributed by atoms with E-state index in [1.807, 2.05) is 20.8 Å². The Kier molecular flexibility index (Phi) is 10.9. The molecule has 0 saturated heterocycles. The summed E-state index contributed by atoms with van der Waals surface area (Å²) in [5.74, 6) is -1.19. The van der Waals surface area contributed by atoms with Gasteiger partial charge < -0.3 is 15.0 Å². The summed E-state index contributed by atoms with van der Waals surface area (Å²) in [6.45, 7) is 6.32. The quantitative estimate of drug-likeness (QED) is 0.283. The number of carbonyl (C=O) groups excluding carboxylic acids is 2. The van der Waals surface area contributed by atoms with Crippen LogP contribution in [0.3, 0.4) is 0 Å². The monoisotopic (exact) mass is 647 g/mol. The second kappa shape index (κ2) is 14.0. The summed E-state index contributed by atoms with van der Waals surface area (Å²) in [7, 11) is -2.80. The van der Waals surface area contributed by atoms with E-state index in [9.17, 15) is 22.4 Å². The number of nitrogens with one attached hydrogen (secondary N) is 1. The van der Waals surface area contributed by atoms with E-state index < -0.39 is 40.2 Å². The Morgan fingerprint density at radius 3 is 2.29 bits per heavy atom. The summed E-state index contributed by atoms with van der Waals surface area (Å²) in [6, 6.07) is 15.8. The van der Waals surface area contributed by atoms with E-state index in [1.165, 1.54) is 48.4 Å². The average molecular weight is 649 g/mol. The zero-order valence-corrected chi connectivity index (χ0v) is 26.1. The minimum Gasteiger partial charge on any atom is -0.496 e. The van der Waals surface area contributed by atoms with E-state index >= 15 is 0 Å². The molecule has 0 aliphatic rings. The van der Waals surface area contributed by atoms with Crippen molar-refractivity contribution in [3.63, 3.8) is 0 Å². The Morgan fingerprint density at radius 1 is 1.05 bits per heavy atom. The lowest BCUT2D eigenvalue weighted by molar-refractivity contribution is -0.139. The molecule has 11 heteroatoms. The number of aryl methyl sites for hydroxylation is 1. The molecule has 0 radical (unpaired) electrons. The average Bonchev–Trinajstić information content (AvgIpc) is 2.95. The van der Waals surface area contributed by atoms with Gasteiger partial charge in [0, 0.05) is 18.2 Å². The zero-order valence-electron chi connectivity index (χ0n) is 23.7. The molecule has 41 heavy (non-hydrogen) atoms. The van der Waals surface area contributed by atoms with Crippen molar-refractivity contribution in [3.05, 3.63) is 88.1 Å². The van der Waals surface area contributed by atoms with Gasteiger partial charge in [-0.25, -0.2) is 12.8 Å². The molecule has 0 aromatic heterocycles. The van der Waals surface area contributed by atoms with Crippen LogP contribution in [0.5, 0.6) is 5.75 Å². The fraction of sp³-hybridized carbons (Fsp3) is 0.333. The Hall–Kier alpha value is -3.44. The number of methoxy groups -OCH3 is 1. The van der Waals surface area contributed by atoms with Crippen molar-refractivity contribution in [2.24, 2.45) is 0 Å². The van der Waals surface area contributed by atoms with Crippen molar-refractivity contribution in [2.75, 3.05) is 18.0 Å². The first-order valence-electron chi connectivity index (χ1n) is 13.1. The second-order valence-corrected chi connectivity index (χ2v) is 12.5. The van der Waals surface area contributed by atoms with Gasteiger partial charge >= 0.3 is 0 Å². The molecule has 2 atom stereocenters. The lowest BCUT2D eigenvalue weighted by Crippen LogP contribution is -2.52. The van der Waals surface area contributed by atoms with Gasteiger partial charge in [0.1, 0.15) is 24.2 Å². The number of hydrogen-bond acceptors (Lipinski definition) is 5. The van der Waals surface area contributed by atoms with E-state index in [1.54, 1.807) is 37.3 Å². The number of carbonyl (C=O) groups is 2. The topological polar surface area (TPSA) is 96.0 Å². The summed E-state index contributed by atoms with van der Waals surface area (Å²) in [5.41, 5.74) is 1.37. The minimum absolute atomic E-state index is 0.0678. The minimum atomic E-state index is -4.27. The van der Waals surface area contributed by atoms with Gasteiger partial charge in [-0.1, -0.05) is 42.8 Å². The molecule has 3 aromatic rings. The molecule has 0 spiro atoms. The first-order chi connectivity index (χ1) is 19.4. The number of anilines is 1. The van der Waals surface area contributed by atoms with Crippen molar-refractivity contribution < 1.29 is 27.1 Å². The van der Waals surface area contributed by atoms with Gasteiger partial charge in [-0.3, -0.25) is 13.9 Å². The van der Waals surface area contributed by atoms with Gasteiger partial charge in [0.05, 0.1) is 22.2 Å². The van der Waals surface area contributed by atoms with E-state index in [-0.39, 0.29) is 28.7 Å². The van der Waals surface area contributed by atoms with E-state index in [4.69, 9.17) is 4.74 Å². The summed E-state index contributed by atoms with van der Waals surface area (Å²) in [4.78, 5) is 28.2. The molecular weight excluding hydrogens is 613 g/mol. The smallest absolute Gasteiger partial charge is 0.264 e. The number of amides is 2. The highest BCUT2D eigenvalue weighted by atomic mass is 79.9. The zero-order chi connectivity index (χ0) is 30.3. The third kappa shape index (κ3) is 7.85. The molecule has 0 saturated carbocycles. The largest absolute Gasteiger partial charge is 0.496 e. The van der Waals surface area contributed by atoms with Crippen molar-refractivity contribution >= 4 is 43.5 Å². The number of sulfonamides is 1. The summed E-state index contributed by atoms with van der Waals surface area (Å²) < 4.78 is 49.3. The fourth-order valence-electron chi connectivity index (χ4n) is 4.03. The van der Waals surface area contributed by atoms with Gasteiger partial charge in [-0.05, 0) is 79.5 Å². The molecule has 0 heterocycles. The standard InChI is InChI=1S/C30H35BrFN3O5S/c1-6-21(3)33-30(37)22(4)34(18-23-9-7-8-10-27(23)32)29(36)19-35(24-13-11-20(2)12-14-24)41(38,39)25-15-16-28(40-5)26(31)17-25/h7-17,21-22H,6,18-19H2,1-5H3,(H,33,37)/t21-,22-/m0/s1. The molecule has 2 amide bonds. The normalized spacial score (nSPS) is 12.8. The van der Waals surface area contributed by atoms with Crippen molar-refractivity contribution in [3.8, 4) is 5.75 Å². The first-order valence-corrected chi connectivity index (χ1v) is 15.4. The van der Waals surface area contributed by atoms with Gasteiger partial charge in [-0.15, -0.1) is 0 Å². The Bertz CT molecular complexity index is 1480. The van der Waals surface area contributed by atoms with Crippen molar-refractivity contribution in [1.29, 1.82) is 0 Å². The highest BCUT2D eigenvalue weighted by molar-refractivity contribution is 9.10. The van der Waals surface area contributed by atoms with Crippen LogP contribution in [-0.4, -0.2) is 50.9 Å². The molecule has 3 rings (SSSR count). The van der Waals surface area contributed by atoms with Crippen molar-refractivity contribution in [2.45, 2.75) is 57.6 Å². The van der Waals surface area contributed by atoms with E-state index in [2.05, 4.69) is 21.2 Å². The predicted molar refractivity (Wildman–Crippen MR) is 161 cm³/mol. The summed E-state index contributed by atoms with van der Waals surface area (Å²) in [6.07, 6.45) is 0.677. The SMILES string of the molecule is CC[C@H](C)NC(=O)[C@H](C)N(Cc1ccccc1F)C(=O)CN(c1ccc(C)cc1)S(=O)(=O)c1ccc(OC)c(Br)c1. The second-order valence-electron chi connectivity index (χ2n) is 9.75. The fourth-order valence-corrected chi connectivity index (χ4v) is 6.17. The van der Waals surface area contributed by atoms with Crippen LogP contribution >= 0.6 is 15.9 Å². The van der Waals surface area contributed by atoms with Crippen LogP contribution in [0.4, 0.5) is 10.1 Å². The highest BCUT2D eigenvalue weighted by Crippen LogP contribution is 2.31. The lowest BCUT2D eigenvalue weighted by atomic mass is 10.1. The molecular formula is C30H35BrFN3O5S. The molecule has 220 valence electrons. The molecule has 0 unspecified atom stereocenters. The van der Waals surface area contributed by atoms with Gasteiger partial charge in [-0.2, -0.15) is 0 Å². The number of hydrogen-bond donors (Lipinski definition) is 1. The lowest BCUT2D eigenvalue weighted by Gasteiger charge is -2.32. The number of halogens is 2. The van der Waals surface area contributed by atoms with Crippen LogP contribution in [0, 0.1) is 12.7 Å². The highest BCUT2D eigenvalue weighted by Gasteiger charge is 2.33. The number of benzene rings is 3. The van der Waals surface area contributed by atoms with E-state index in [0.717, 1.165) is 9.87 Å². The van der Waals surface area contributed by atoms with Crippen LogP contribution < -0.4 is 14.4 Å². The third-order valence-corrected chi connectivity index (χ3v) is 9.17. The van der Waals surface area contributed by atoms with Crippen molar-refractivity contribution in [1.82, 2.24) is 10.2 Å². The first kappa shape index (κ1) is 32.1. The van der Waals surface area contributed by atoms with Crippen LogP contribution in [0.15, 0.2) is 76.1 Å². The predicted octanol–water partition coefficient (Wildman–Crippen LogP) is 5.43. The van der Waals surface area contributed by atoms with Crippen LogP contribution in [0.2, 0.25) is 0 Å². The third-order valence-electron chi connectivity index (χ3n) is 6.78. The molecule has 3 aromatic carbocycles. The molecule has 8 nitrogen and oxygen atoms in total. The summed E-state index contributed by atoms with van der Waals surface area (Å²) in [5, 5.41) is 2.85. The maximum absolute atomic E-state index is 14.7. The molecule has 1 N–H and O–H groups in total. The molecule has 0 aliphatic carbocycles. The number of nitrogens with zero attached hydrogens (tertiary/aromatic N) is 2. The maximum Gasteiger partial charge on any atom is 0.264 e. The number of ether oxygens (including phenoxy) is 1. The molecule has 0 aliphatic heterocycles. The maximum atomic E-state index is 14.7. The van der Waals surface area contributed by atoms with Crippen LogP contribution in [0.25, 0.3) is 0 Å². The van der Waals surface area contributed by atoms with Gasteiger partial charge in [0.25, 0.3) is 10.0 Å². The summed E-state index contributed by atoms with van der Waals surface area (Å²) >= 11 is 3.33. The molecule has 0 fully saturated rings. The Labute approximate surface area is 249 Å².